The average molecular weight is 393 g/mol. The Hall–Kier alpha value is -3.08. The van der Waals surface area contributed by atoms with Gasteiger partial charge in [-0.2, -0.15) is 0 Å². The van der Waals surface area contributed by atoms with Crippen LogP contribution < -0.4 is 15.7 Å². The fourth-order valence-electron chi connectivity index (χ4n) is 3.47. The van der Waals surface area contributed by atoms with Crippen LogP contribution in [0.4, 0.5) is 5.69 Å². The summed E-state index contributed by atoms with van der Waals surface area (Å²) in [4.78, 5) is 24.4. The van der Waals surface area contributed by atoms with E-state index in [0.29, 0.717) is 11.3 Å². The Morgan fingerprint density at radius 2 is 1.83 bits per heavy atom. The van der Waals surface area contributed by atoms with E-state index in [1.807, 2.05) is 51.1 Å². The Labute approximate surface area is 170 Å². The van der Waals surface area contributed by atoms with E-state index >= 15 is 0 Å². The number of nitrogens with one attached hydrogen (secondary N) is 1. The maximum atomic E-state index is 12.4. The normalized spacial score (nSPS) is 10.9. The lowest BCUT2D eigenvalue weighted by atomic mass is 10.0. The minimum Gasteiger partial charge on any atom is -0.483 e. The largest absolute Gasteiger partial charge is 0.483 e. The standard InChI is InChI=1S/C24H27NO4/c1-5-6-10-18-13-22(27)29-24-17(4)20(12-11-19(18)24)28-14-21(26)25-23-15(2)8-7-9-16(23)3/h7-9,11-13H,5-6,10,14H2,1-4H3,(H,25,26). The first kappa shape index (κ1) is 20.6. The van der Waals surface area contributed by atoms with Gasteiger partial charge in [0.25, 0.3) is 5.91 Å². The number of carbonyl (C=O) groups excluding carboxylic acids is 1. The van der Waals surface area contributed by atoms with Gasteiger partial charge in [0, 0.05) is 22.7 Å². The molecule has 2 aromatic carbocycles. The Morgan fingerprint density at radius 1 is 1.10 bits per heavy atom. The molecule has 3 aromatic rings. The van der Waals surface area contributed by atoms with Gasteiger partial charge < -0.3 is 14.5 Å². The first-order valence-electron chi connectivity index (χ1n) is 9.96. The molecule has 1 heterocycles. The van der Waals surface area contributed by atoms with Crippen LogP contribution in [0.2, 0.25) is 0 Å². The summed E-state index contributed by atoms with van der Waals surface area (Å²) in [5, 5.41) is 3.83. The number of unbranched alkanes of at least 4 members (excludes halogenated alkanes) is 1. The number of para-hydroxylation sites is 1. The number of aryl methyl sites for hydroxylation is 4. The molecule has 0 unspecified atom stereocenters. The predicted octanol–water partition coefficient (Wildman–Crippen LogP) is 5.08. The molecule has 0 saturated carbocycles. The minimum atomic E-state index is -0.364. The molecule has 0 spiro atoms. The number of rotatable bonds is 7. The number of hydrogen-bond acceptors (Lipinski definition) is 4. The average Bonchev–Trinajstić information content (AvgIpc) is 2.69. The predicted molar refractivity (Wildman–Crippen MR) is 116 cm³/mol. The van der Waals surface area contributed by atoms with Crippen LogP contribution in [-0.4, -0.2) is 12.5 Å². The van der Waals surface area contributed by atoms with Crippen LogP contribution in [0.1, 0.15) is 42.0 Å². The van der Waals surface area contributed by atoms with Gasteiger partial charge in [-0.05, 0) is 62.4 Å². The molecule has 1 aromatic heterocycles. The number of benzene rings is 2. The third-order valence-electron chi connectivity index (χ3n) is 5.10. The zero-order valence-corrected chi connectivity index (χ0v) is 17.4. The van der Waals surface area contributed by atoms with Crippen molar-refractivity contribution in [3.8, 4) is 5.75 Å². The second kappa shape index (κ2) is 8.95. The highest BCUT2D eigenvalue weighted by molar-refractivity contribution is 5.93. The molecule has 0 aliphatic carbocycles. The van der Waals surface area contributed by atoms with Crippen LogP contribution in [-0.2, 0) is 11.2 Å². The summed E-state index contributed by atoms with van der Waals surface area (Å²) in [6, 6.07) is 11.2. The highest BCUT2D eigenvalue weighted by Crippen LogP contribution is 2.29. The molecule has 5 heteroatoms. The van der Waals surface area contributed by atoms with E-state index in [0.717, 1.165) is 52.6 Å². The maximum absolute atomic E-state index is 12.4. The molecular formula is C24H27NO4. The highest BCUT2D eigenvalue weighted by Gasteiger charge is 2.14. The number of hydrogen-bond donors (Lipinski definition) is 1. The van der Waals surface area contributed by atoms with Gasteiger partial charge in [0.1, 0.15) is 11.3 Å². The summed E-state index contributed by atoms with van der Waals surface area (Å²) in [6.45, 7) is 7.74. The number of carbonyl (C=O) groups is 1. The van der Waals surface area contributed by atoms with Gasteiger partial charge in [0.05, 0.1) is 0 Å². The SMILES string of the molecule is CCCCc1cc(=O)oc2c(C)c(OCC(=O)Nc3c(C)cccc3C)ccc12. The molecule has 29 heavy (non-hydrogen) atoms. The second-order valence-electron chi connectivity index (χ2n) is 7.36. The lowest BCUT2D eigenvalue weighted by Gasteiger charge is -2.14. The van der Waals surface area contributed by atoms with Crippen LogP contribution in [0.25, 0.3) is 11.0 Å². The smallest absolute Gasteiger partial charge is 0.336 e. The van der Waals surface area contributed by atoms with Crippen LogP contribution in [0.5, 0.6) is 5.75 Å². The van der Waals surface area contributed by atoms with Gasteiger partial charge in [-0.25, -0.2) is 4.79 Å². The Bertz CT molecular complexity index is 1080. The Morgan fingerprint density at radius 3 is 2.52 bits per heavy atom. The summed E-state index contributed by atoms with van der Waals surface area (Å²) >= 11 is 0. The first-order chi connectivity index (χ1) is 13.9. The van der Waals surface area contributed by atoms with Gasteiger partial charge in [-0.15, -0.1) is 0 Å². The molecule has 0 radical (unpaired) electrons. The zero-order valence-electron chi connectivity index (χ0n) is 17.4. The molecule has 0 aliphatic rings. The van der Waals surface area contributed by atoms with Crippen LogP contribution in [0.3, 0.4) is 0 Å². The summed E-state index contributed by atoms with van der Waals surface area (Å²) < 4.78 is 11.2. The molecule has 1 N–H and O–H groups in total. The van der Waals surface area contributed by atoms with E-state index < -0.39 is 0 Å². The molecule has 3 rings (SSSR count). The Balaban J connectivity index is 1.79. The van der Waals surface area contributed by atoms with Crippen molar-refractivity contribution in [2.45, 2.75) is 47.0 Å². The highest BCUT2D eigenvalue weighted by atomic mass is 16.5. The van der Waals surface area contributed by atoms with E-state index in [9.17, 15) is 9.59 Å². The Kier molecular flexibility index (Phi) is 6.37. The lowest BCUT2D eigenvalue weighted by molar-refractivity contribution is -0.118. The van der Waals surface area contributed by atoms with Crippen molar-refractivity contribution in [1.29, 1.82) is 0 Å². The van der Waals surface area contributed by atoms with Gasteiger partial charge >= 0.3 is 5.63 Å². The van der Waals surface area contributed by atoms with Crippen molar-refractivity contribution >= 4 is 22.6 Å². The third-order valence-corrected chi connectivity index (χ3v) is 5.10. The van der Waals surface area contributed by atoms with Crippen molar-refractivity contribution in [3.05, 3.63) is 69.1 Å². The molecule has 0 fully saturated rings. The summed E-state index contributed by atoms with van der Waals surface area (Å²) in [5.74, 6) is 0.296. The number of amides is 1. The van der Waals surface area contributed by atoms with Crippen molar-refractivity contribution in [1.82, 2.24) is 0 Å². The van der Waals surface area contributed by atoms with Crippen LogP contribution >= 0.6 is 0 Å². The van der Waals surface area contributed by atoms with Crippen molar-refractivity contribution in [2.75, 3.05) is 11.9 Å². The topological polar surface area (TPSA) is 68.5 Å². The van der Waals surface area contributed by atoms with E-state index in [-0.39, 0.29) is 18.1 Å². The maximum Gasteiger partial charge on any atom is 0.336 e. The van der Waals surface area contributed by atoms with Gasteiger partial charge in [0.15, 0.2) is 6.61 Å². The van der Waals surface area contributed by atoms with Gasteiger partial charge in [-0.3, -0.25) is 4.79 Å². The fourth-order valence-corrected chi connectivity index (χ4v) is 3.47. The molecule has 0 aliphatic heterocycles. The van der Waals surface area contributed by atoms with Crippen molar-refractivity contribution in [3.63, 3.8) is 0 Å². The summed E-state index contributed by atoms with van der Waals surface area (Å²) in [7, 11) is 0. The van der Waals surface area contributed by atoms with Crippen LogP contribution in [0, 0.1) is 20.8 Å². The molecule has 152 valence electrons. The second-order valence-corrected chi connectivity index (χ2v) is 7.36. The number of fused-ring (bicyclic) bond motifs is 1. The zero-order chi connectivity index (χ0) is 21.0. The molecule has 0 atom stereocenters. The van der Waals surface area contributed by atoms with Crippen LogP contribution in [0.15, 0.2) is 45.6 Å². The van der Waals surface area contributed by atoms with E-state index in [1.165, 1.54) is 0 Å². The van der Waals surface area contributed by atoms with Gasteiger partial charge in [0.2, 0.25) is 0 Å². The van der Waals surface area contributed by atoms with Crippen molar-refractivity contribution in [2.24, 2.45) is 0 Å². The first-order valence-corrected chi connectivity index (χ1v) is 9.96. The van der Waals surface area contributed by atoms with Gasteiger partial charge in [-0.1, -0.05) is 31.5 Å². The molecule has 0 saturated heterocycles. The molecule has 0 bridgehead atoms. The fraction of sp³-hybridized carbons (Fsp3) is 0.333. The van der Waals surface area contributed by atoms with Crippen molar-refractivity contribution < 1.29 is 13.9 Å². The lowest BCUT2D eigenvalue weighted by Crippen LogP contribution is -2.21. The number of anilines is 1. The number of ether oxygens (including phenoxy) is 1. The monoisotopic (exact) mass is 393 g/mol. The summed E-state index contributed by atoms with van der Waals surface area (Å²) in [6.07, 6.45) is 2.89. The quantitative estimate of drug-likeness (QED) is 0.569. The molecule has 1 amide bonds. The minimum absolute atomic E-state index is 0.125. The molecule has 5 nitrogen and oxygen atoms in total. The van der Waals surface area contributed by atoms with E-state index in [2.05, 4.69) is 12.2 Å². The van der Waals surface area contributed by atoms with E-state index in [1.54, 1.807) is 6.07 Å². The molecular weight excluding hydrogens is 366 g/mol. The van der Waals surface area contributed by atoms with E-state index in [4.69, 9.17) is 9.15 Å². The summed E-state index contributed by atoms with van der Waals surface area (Å²) in [5.41, 5.74) is 4.68. The third kappa shape index (κ3) is 4.67.